The molecule has 0 N–H and O–H groups in total. The van der Waals surface area contributed by atoms with Crippen molar-refractivity contribution in [2.45, 2.75) is 19.9 Å². The molecule has 0 amide bonds. The van der Waals surface area contributed by atoms with Crippen molar-refractivity contribution in [3.05, 3.63) is 74.4 Å². The van der Waals surface area contributed by atoms with Gasteiger partial charge < -0.3 is 9.41 Å². The Kier molecular flexibility index (Phi) is 7.45. The highest BCUT2D eigenvalue weighted by Crippen LogP contribution is 2.62. The summed E-state index contributed by atoms with van der Waals surface area (Å²) in [5.74, 6) is 1.44. The molecule has 38 heavy (non-hydrogen) atoms. The zero-order chi connectivity index (χ0) is 26.9. The number of ether oxygens (including phenoxy) is 1. The van der Waals surface area contributed by atoms with E-state index in [0.29, 0.717) is 55.2 Å². The number of halogens is 1. The topological polar surface area (TPSA) is 125 Å². The fourth-order valence-corrected chi connectivity index (χ4v) is 9.26. The van der Waals surface area contributed by atoms with Crippen LogP contribution in [0, 0.1) is 28.4 Å². The van der Waals surface area contributed by atoms with E-state index in [0.717, 1.165) is 22.4 Å². The minimum absolute atomic E-state index is 0.0145. The number of aliphatic imine (C=N–C) groups is 1. The second-order valence-electron chi connectivity index (χ2n) is 8.84. The molecular formula is C25H26BrN8O3P. The summed E-state index contributed by atoms with van der Waals surface area (Å²) in [5, 5.41) is 26.4. The lowest BCUT2D eigenvalue weighted by molar-refractivity contribution is -0.384. The van der Waals surface area contributed by atoms with Gasteiger partial charge in [0.05, 0.1) is 58.3 Å². The van der Waals surface area contributed by atoms with Crippen LogP contribution in [0.2, 0.25) is 0 Å². The van der Waals surface area contributed by atoms with E-state index < -0.39 is 12.3 Å². The minimum atomic E-state index is -2.79. The first-order valence-electron chi connectivity index (χ1n) is 12.1. The highest BCUT2D eigenvalue weighted by atomic mass is 79.9. The molecule has 0 spiro atoms. The van der Waals surface area contributed by atoms with Gasteiger partial charge in [-0.05, 0) is 28.9 Å². The molecule has 2 aliphatic rings. The van der Waals surface area contributed by atoms with Crippen molar-refractivity contribution in [2.75, 3.05) is 33.4 Å². The standard InChI is InChI=1S/C25H26BrN8O3P/c1-18-23-25(33(29-18)12-6-11-27)28-24(19-7-4-3-5-8-19)31(2)38(23,32-13-15-37-16-14-32)30-22-10-9-20(34(35)36)17-21(22)26/h3-5,7-10,17H,6,12-16H2,1-2H3/t38-/m0/s1. The second-order valence-corrected chi connectivity index (χ2v) is 12.6. The molecular weight excluding hydrogens is 571 g/mol. The summed E-state index contributed by atoms with van der Waals surface area (Å²) in [5.41, 5.74) is 2.32. The van der Waals surface area contributed by atoms with Crippen LogP contribution in [0.1, 0.15) is 17.7 Å². The average Bonchev–Trinajstić information content (AvgIpc) is 3.25. The van der Waals surface area contributed by atoms with Crippen molar-refractivity contribution in [1.29, 1.82) is 5.26 Å². The number of hydrogen-bond donors (Lipinski definition) is 0. The molecule has 5 rings (SSSR count). The van der Waals surface area contributed by atoms with Crippen LogP contribution in [0.4, 0.5) is 17.2 Å². The zero-order valence-electron chi connectivity index (χ0n) is 21.0. The van der Waals surface area contributed by atoms with Crippen molar-refractivity contribution < 1.29 is 9.66 Å². The predicted octanol–water partition coefficient (Wildman–Crippen LogP) is 5.12. The number of aryl methyl sites for hydroxylation is 2. The van der Waals surface area contributed by atoms with Gasteiger partial charge in [-0.3, -0.25) is 10.1 Å². The summed E-state index contributed by atoms with van der Waals surface area (Å²) in [4.78, 5) is 16.1. The number of nitro benzene ring substituents is 1. The number of benzene rings is 2. The third kappa shape index (κ3) is 4.56. The molecule has 1 aromatic heterocycles. The molecule has 11 nitrogen and oxygen atoms in total. The highest BCUT2D eigenvalue weighted by molar-refractivity contribution is 9.10. The molecule has 3 heterocycles. The van der Waals surface area contributed by atoms with Crippen LogP contribution in [-0.2, 0) is 11.3 Å². The molecule has 196 valence electrons. The Balaban J connectivity index is 1.85. The summed E-state index contributed by atoms with van der Waals surface area (Å²) >= 11 is 3.54. The van der Waals surface area contributed by atoms with E-state index in [1.165, 1.54) is 12.1 Å². The summed E-state index contributed by atoms with van der Waals surface area (Å²) in [6, 6.07) is 16.8. The van der Waals surface area contributed by atoms with E-state index in [9.17, 15) is 15.4 Å². The fourth-order valence-electron chi connectivity index (χ4n) is 4.81. The number of hydrogen-bond acceptors (Lipinski definition) is 7. The molecule has 0 aliphatic carbocycles. The summed E-state index contributed by atoms with van der Waals surface area (Å²) in [7, 11) is -0.783. The number of amidine groups is 1. The molecule has 0 unspecified atom stereocenters. The van der Waals surface area contributed by atoms with Gasteiger partial charge in [0.1, 0.15) is 5.84 Å². The quantitative estimate of drug-likeness (QED) is 0.219. The largest absolute Gasteiger partial charge is 0.379 e. The zero-order valence-corrected chi connectivity index (χ0v) is 23.5. The summed E-state index contributed by atoms with van der Waals surface area (Å²) in [6.07, 6.45) is 0.299. The lowest BCUT2D eigenvalue weighted by Gasteiger charge is -2.46. The average molecular weight is 597 g/mol. The Bertz CT molecular complexity index is 1510. The first kappa shape index (κ1) is 26.3. The Morgan fingerprint density at radius 3 is 2.63 bits per heavy atom. The Morgan fingerprint density at radius 1 is 1.24 bits per heavy atom. The van der Waals surface area contributed by atoms with Crippen LogP contribution in [0.15, 0.2) is 62.7 Å². The number of non-ortho nitro benzene ring substituents is 1. The van der Waals surface area contributed by atoms with E-state index in [1.807, 2.05) is 44.3 Å². The van der Waals surface area contributed by atoms with E-state index >= 15 is 0 Å². The number of nitriles is 1. The maximum atomic E-state index is 11.4. The molecule has 13 heteroatoms. The van der Waals surface area contributed by atoms with Gasteiger partial charge in [0.15, 0.2) is 13.2 Å². The summed E-state index contributed by atoms with van der Waals surface area (Å²) in [6.45, 7) is 4.77. The van der Waals surface area contributed by atoms with Crippen LogP contribution in [0.25, 0.3) is 0 Å². The Hall–Kier alpha value is -3.36. The number of aromatic nitrogens is 2. The van der Waals surface area contributed by atoms with Crippen LogP contribution in [0.3, 0.4) is 0 Å². The first-order valence-corrected chi connectivity index (χ1v) is 14.5. The van der Waals surface area contributed by atoms with E-state index in [1.54, 1.807) is 10.7 Å². The fraction of sp³-hybridized carbons (Fsp3) is 0.320. The maximum Gasteiger partial charge on any atom is 0.270 e. The van der Waals surface area contributed by atoms with Crippen LogP contribution in [0.5, 0.6) is 0 Å². The third-order valence-corrected chi connectivity index (χ3v) is 11.0. The molecule has 2 aliphatic heterocycles. The van der Waals surface area contributed by atoms with Crippen molar-refractivity contribution in [3.8, 4) is 6.07 Å². The van der Waals surface area contributed by atoms with Gasteiger partial charge in [0.25, 0.3) is 5.69 Å². The summed E-state index contributed by atoms with van der Waals surface area (Å²) < 4.78 is 18.0. The lowest BCUT2D eigenvalue weighted by Crippen LogP contribution is -2.45. The molecule has 1 atom stereocenters. The van der Waals surface area contributed by atoms with E-state index in [-0.39, 0.29) is 5.69 Å². The van der Waals surface area contributed by atoms with Crippen molar-refractivity contribution >= 4 is 51.6 Å². The van der Waals surface area contributed by atoms with Crippen LogP contribution in [-0.4, -0.2) is 63.2 Å². The number of nitrogens with zero attached hydrogens (tertiary/aromatic N) is 8. The molecule has 0 saturated carbocycles. The molecule has 0 radical (unpaired) electrons. The van der Waals surface area contributed by atoms with E-state index in [4.69, 9.17) is 19.6 Å². The smallest absolute Gasteiger partial charge is 0.270 e. The van der Waals surface area contributed by atoms with Gasteiger partial charge in [-0.25, -0.2) is 19.1 Å². The third-order valence-electron chi connectivity index (χ3n) is 6.54. The monoisotopic (exact) mass is 596 g/mol. The number of morpholine rings is 1. The Morgan fingerprint density at radius 2 is 1.97 bits per heavy atom. The number of fused-ring (bicyclic) bond motifs is 1. The predicted molar refractivity (Wildman–Crippen MR) is 149 cm³/mol. The van der Waals surface area contributed by atoms with Crippen molar-refractivity contribution in [2.24, 2.45) is 9.74 Å². The van der Waals surface area contributed by atoms with E-state index in [2.05, 4.69) is 31.3 Å². The minimum Gasteiger partial charge on any atom is -0.379 e. The molecule has 1 fully saturated rings. The first-order chi connectivity index (χ1) is 18.4. The van der Waals surface area contributed by atoms with Crippen molar-refractivity contribution in [1.82, 2.24) is 19.1 Å². The van der Waals surface area contributed by atoms with Gasteiger partial charge >= 0.3 is 0 Å². The van der Waals surface area contributed by atoms with Gasteiger partial charge in [-0.1, -0.05) is 30.3 Å². The maximum absolute atomic E-state index is 11.4. The molecule has 1 saturated heterocycles. The second kappa shape index (κ2) is 10.8. The number of nitro groups is 1. The molecule has 2 aromatic carbocycles. The van der Waals surface area contributed by atoms with Gasteiger partial charge in [0, 0.05) is 37.8 Å². The highest BCUT2D eigenvalue weighted by Gasteiger charge is 2.45. The molecule has 3 aromatic rings. The number of rotatable bonds is 6. The van der Waals surface area contributed by atoms with Gasteiger partial charge in [-0.15, -0.1) is 0 Å². The molecule has 0 bridgehead atoms. The lowest BCUT2D eigenvalue weighted by atomic mass is 10.2. The van der Waals surface area contributed by atoms with Crippen LogP contribution < -0.4 is 5.30 Å². The Labute approximate surface area is 228 Å². The normalized spacial score (nSPS) is 19.4. The van der Waals surface area contributed by atoms with Gasteiger partial charge in [0.2, 0.25) is 0 Å². The van der Waals surface area contributed by atoms with Crippen LogP contribution >= 0.6 is 23.3 Å². The SMILES string of the molecule is Cc1nn(CCC#N)c2c1[P@@](=Nc1ccc([N+](=O)[O-])cc1Br)(N1CCOCC1)N(C)C(c1ccccc1)=N2. The van der Waals surface area contributed by atoms with Gasteiger partial charge in [-0.2, -0.15) is 10.4 Å². The van der Waals surface area contributed by atoms with Crippen molar-refractivity contribution in [3.63, 3.8) is 0 Å².